The summed E-state index contributed by atoms with van der Waals surface area (Å²) in [4.78, 5) is 22.3. The summed E-state index contributed by atoms with van der Waals surface area (Å²) in [6.07, 6.45) is 8.88. The van der Waals surface area contributed by atoms with Gasteiger partial charge in [-0.05, 0) is 30.7 Å². The van der Waals surface area contributed by atoms with Gasteiger partial charge in [0.1, 0.15) is 0 Å². The summed E-state index contributed by atoms with van der Waals surface area (Å²) in [5.74, 6) is 0. The lowest BCUT2D eigenvalue weighted by Crippen LogP contribution is -1.94. The summed E-state index contributed by atoms with van der Waals surface area (Å²) in [5.41, 5.74) is 11.0. The van der Waals surface area contributed by atoms with Crippen LogP contribution in [0.3, 0.4) is 0 Å². The van der Waals surface area contributed by atoms with Gasteiger partial charge < -0.3 is 11.1 Å². The molecule has 1 aliphatic heterocycles. The molecule has 6 nitrogen and oxygen atoms in total. The van der Waals surface area contributed by atoms with Gasteiger partial charge in [-0.25, -0.2) is 4.98 Å². The molecule has 0 bridgehead atoms. The molecule has 0 radical (unpaired) electrons. The Balaban J connectivity index is 0.000000212. The van der Waals surface area contributed by atoms with Crippen LogP contribution in [0.25, 0.3) is 5.57 Å². The van der Waals surface area contributed by atoms with Crippen LogP contribution in [-0.4, -0.2) is 29.1 Å². The first-order valence-electron chi connectivity index (χ1n) is 7.62. The van der Waals surface area contributed by atoms with Crippen molar-refractivity contribution < 1.29 is 4.79 Å². The van der Waals surface area contributed by atoms with Gasteiger partial charge in [-0.1, -0.05) is 12.1 Å². The first kappa shape index (κ1) is 18.3. The summed E-state index contributed by atoms with van der Waals surface area (Å²) in [6.45, 7) is 0.875. The topological polar surface area (TPSA) is 93.3 Å². The number of nitrogens with zero attached hydrogens (tertiary/aromatic N) is 3. The monoisotopic (exact) mass is 353 g/mol. The van der Waals surface area contributed by atoms with Gasteiger partial charge in [0.2, 0.25) is 6.41 Å². The van der Waals surface area contributed by atoms with Gasteiger partial charge in [0.25, 0.3) is 0 Å². The molecule has 1 aliphatic rings. The number of dihydropyridines is 1. The van der Waals surface area contributed by atoms with Gasteiger partial charge in [0.15, 0.2) is 0 Å². The second kappa shape index (κ2) is 10.7. The summed E-state index contributed by atoms with van der Waals surface area (Å²) in [6, 6.07) is 9.16. The molecule has 3 heterocycles. The molecular formula is C18H19N5OS. The van der Waals surface area contributed by atoms with Crippen LogP contribution in [0.15, 0.2) is 64.7 Å². The van der Waals surface area contributed by atoms with Gasteiger partial charge in [0.05, 0.1) is 11.2 Å². The fraction of sp³-hybridized carbons (Fsp3) is 0.111. The lowest BCUT2D eigenvalue weighted by atomic mass is 10.1. The van der Waals surface area contributed by atoms with E-state index < -0.39 is 0 Å². The Kier molecular flexibility index (Phi) is 7.80. The molecule has 0 fully saturated rings. The number of rotatable bonds is 3. The van der Waals surface area contributed by atoms with Crippen LogP contribution < -0.4 is 11.1 Å². The van der Waals surface area contributed by atoms with Crippen molar-refractivity contribution in [1.29, 1.82) is 0 Å². The molecule has 7 heteroatoms. The van der Waals surface area contributed by atoms with Crippen molar-refractivity contribution in [3.8, 4) is 0 Å². The van der Waals surface area contributed by atoms with Crippen molar-refractivity contribution in [3.05, 3.63) is 65.4 Å². The van der Waals surface area contributed by atoms with Crippen molar-refractivity contribution >= 4 is 40.9 Å². The Bertz CT molecular complexity index is 785. The number of nitrogen functional groups attached to an aromatic ring is 1. The number of nitrogens with two attached hydrogens (primary N) is 1. The first-order chi connectivity index (χ1) is 12.3. The van der Waals surface area contributed by atoms with E-state index in [1.807, 2.05) is 29.8 Å². The fourth-order valence-electron chi connectivity index (χ4n) is 1.90. The predicted octanol–water partition coefficient (Wildman–Crippen LogP) is 3.36. The summed E-state index contributed by atoms with van der Waals surface area (Å²) >= 11 is 1.48. The molecular weight excluding hydrogens is 334 g/mol. The zero-order valence-corrected chi connectivity index (χ0v) is 14.4. The molecule has 2 aromatic heterocycles. The van der Waals surface area contributed by atoms with E-state index in [4.69, 9.17) is 5.73 Å². The molecule has 3 rings (SSSR count). The Morgan fingerprint density at radius 2 is 2.04 bits per heavy atom. The van der Waals surface area contributed by atoms with E-state index in [2.05, 4.69) is 26.4 Å². The molecule has 3 N–H and O–H groups in total. The van der Waals surface area contributed by atoms with Crippen LogP contribution in [0.2, 0.25) is 0 Å². The summed E-state index contributed by atoms with van der Waals surface area (Å²) in [7, 11) is 0. The molecule has 0 saturated carbocycles. The van der Waals surface area contributed by atoms with E-state index in [-0.39, 0.29) is 0 Å². The van der Waals surface area contributed by atoms with Crippen molar-refractivity contribution in [2.24, 2.45) is 4.99 Å². The molecule has 128 valence electrons. The lowest BCUT2D eigenvalue weighted by Gasteiger charge is -2.03. The van der Waals surface area contributed by atoms with E-state index >= 15 is 0 Å². The molecule has 0 unspecified atom stereocenters. The van der Waals surface area contributed by atoms with E-state index in [0.29, 0.717) is 6.41 Å². The Morgan fingerprint density at radius 1 is 1.20 bits per heavy atom. The SMILES string of the molecule is Nc1cccc(C2=CCCN=C2)ncsc1.O=CNc1ccncc1. The van der Waals surface area contributed by atoms with E-state index in [9.17, 15) is 4.79 Å². The van der Waals surface area contributed by atoms with Gasteiger partial charge >= 0.3 is 0 Å². The number of hydrogen-bond donors (Lipinski definition) is 2. The number of amides is 1. The maximum atomic E-state index is 9.84. The lowest BCUT2D eigenvalue weighted by molar-refractivity contribution is -0.105. The number of nitrogens with one attached hydrogen (secondary N) is 1. The summed E-state index contributed by atoms with van der Waals surface area (Å²) < 4.78 is 0. The maximum absolute atomic E-state index is 9.84. The van der Waals surface area contributed by atoms with Gasteiger partial charge in [-0.2, -0.15) is 0 Å². The molecule has 0 saturated heterocycles. The minimum atomic E-state index is 0.634. The number of carbonyl (C=O) groups excluding carboxylic acids is 1. The fourth-order valence-corrected chi connectivity index (χ4v) is 2.37. The van der Waals surface area contributed by atoms with Crippen LogP contribution in [0.1, 0.15) is 12.1 Å². The predicted molar refractivity (Wildman–Crippen MR) is 104 cm³/mol. The first-order valence-corrected chi connectivity index (χ1v) is 8.56. The third kappa shape index (κ3) is 6.92. The summed E-state index contributed by atoms with van der Waals surface area (Å²) in [5, 5.41) is 4.35. The minimum Gasteiger partial charge on any atom is -0.398 e. The minimum absolute atomic E-state index is 0.634. The van der Waals surface area contributed by atoms with Crippen LogP contribution >= 0.6 is 11.3 Å². The molecule has 0 atom stereocenters. The molecule has 0 aliphatic carbocycles. The standard InChI is InChI=1S/C12H13N3S.C6H6N2O/c13-11-4-1-5-12(15-9-16-8-11)10-3-2-6-14-7-10;9-5-8-6-1-3-7-4-2-6/h1,3-5,7-9H,2,6,13H2;1-5H,(H,7,8,9). The molecule has 1 amide bonds. The Hall–Kier alpha value is -3.06. The average molecular weight is 353 g/mol. The maximum Gasteiger partial charge on any atom is 0.211 e. The third-order valence-corrected chi connectivity index (χ3v) is 3.69. The third-order valence-electron chi connectivity index (χ3n) is 3.05. The molecule has 2 aromatic rings. The highest BCUT2D eigenvalue weighted by molar-refractivity contribution is 7.07. The van der Waals surface area contributed by atoms with Crippen LogP contribution in [0.5, 0.6) is 0 Å². The molecule has 0 aromatic carbocycles. The van der Waals surface area contributed by atoms with E-state index in [1.54, 1.807) is 30.0 Å². The number of aromatic nitrogens is 2. The van der Waals surface area contributed by atoms with Crippen LogP contribution in [0, 0.1) is 0 Å². The highest BCUT2D eigenvalue weighted by Gasteiger charge is 2.00. The largest absolute Gasteiger partial charge is 0.398 e. The highest BCUT2D eigenvalue weighted by Crippen LogP contribution is 2.12. The number of carbonyl (C=O) groups is 1. The molecule has 0 spiro atoms. The van der Waals surface area contributed by atoms with E-state index in [0.717, 1.165) is 35.6 Å². The Labute approximate surface area is 150 Å². The van der Waals surface area contributed by atoms with Crippen LogP contribution in [-0.2, 0) is 4.79 Å². The van der Waals surface area contributed by atoms with Crippen molar-refractivity contribution in [3.63, 3.8) is 0 Å². The number of allylic oxidation sites excluding steroid dienone is 1. The van der Waals surface area contributed by atoms with Crippen molar-refractivity contribution in [1.82, 2.24) is 9.97 Å². The second-order valence-electron chi connectivity index (χ2n) is 4.88. The highest BCUT2D eigenvalue weighted by atomic mass is 32.1. The smallest absolute Gasteiger partial charge is 0.211 e. The number of pyridine rings is 1. The Morgan fingerprint density at radius 3 is 2.76 bits per heavy atom. The molecule has 25 heavy (non-hydrogen) atoms. The van der Waals surface area contributed by atoms with Crippen molar-refractivity contribution in [2.45, 2.75) is 6.42 Å². The van der Waals surface area contributed by atoms with Gasteiger partial charge in [-0.3, -0.25) is 14.8 Å². The number of anilines is 2. The average Bonchev–Trinajstić information content (AvgIpc) is 2.76. The quantitative estimate of drug-likeness (QED) is 0.828. The van der Waals surface area contributed by atoms with Crippen molar-refractivity contribution in [2.75, 3.05) is 17.6 Å². The normalized spacial score (nSPS) is 12.1. The zero-order valence-electron chi connectivity index (χ0n) is 13.6. The van der Waals surface area contributed by atoms with Crippen LogP contribution in [0.4, 0.5) is 11.4 Å². The van der Waals surface area contributed by atoms with Gasteiger partial charge in [0, 0.05) is 47.5 Å². The number of aliphatic imine (C=N–C) groups is 1. The number of hydrogen-bond acceptors (Lipinski definition) is 6. The van der Waals surface area contributed by atoms with E-state index in [1.165, 1.54) is 11.3 Å². The zero-order chi connectivity index (χ0) is 17.7. The second-order valence-corrected chi connectivity index (χ2v) is 5.60. The van der Waals surface area contributed by atoms with Gasteiger partial charge in [-0.15, -0.1) is 11.3 Å².